The number of rotatable bonds is 3. The van der Waals surface area contributed by atoms with Gasteiger partial charge in [-0.1, -0.05) is 0 Å². The molecule has 2 aromatic heterocycles. The van der Waals surface area contributed by atoms with E-state index in [-0.39, 0.29) is 16.9 Å². The summed E-state index contributed by atoms with van der Waals surface area (Å²) in [6.07, 6.45) is 0. The second-order valence-corrected chi connectivity index (χ2v) is 5.06. The first-order chi connectivity index (χ1) is 9.95. The maximum absolute atomic E-state index is 13.4. The van der Waals surface area contributed by atoms with Gasteiger partial charge in [0.15, 0.2) is 27.9 Å². The predicted molar refractivity (Wildman–Crippen MR) is 72.7 cm³/mol. The maximum Gasteiger partial charge on any atom is 0.323 e. The minimum atomic E-state index is -1.13. The highest BCUT2D eigenvalue weighted by atomic mass is 79.9. The molecule has 21 heavy (non-hydrogen) atoms. The van der Waals surface area contributed by atoms with Gasteiger partial charge in [-0.3, -0.25) is 4.79 Å². The fourth-order valence-electron chi connectivity index (χ4n) is 2.04. The molecule has 0 aliphatic rings. The van der Waals surface area contributed by atoms with Crippen molar-refractivity contribution in [2.45, 2.75) is 6.54 Å². The Morgan fingerprint density at radius 2 is 2.05 bits per heavy atom. The average molecular weight is 357 g/mol. The fourth-order valence-corrected chi connectivity index (χ4v) is 2.34. The number of aliphatic carboxylic acids is 1. The Balaban J connectivity index is 2.29. The Kier molecular flexibility index (Phi) is 3.25. The summed E-state index contributed by atoms with van der Waals surface area (Å²) in [4.78, 5) is 15.1. The molecule has 0 radical (unpaired) electrons. The van der Waals surface area contributed by atoms with Crippen LogP contribution < -0.4 is 0 Å². The molecule has 0 atom stereocenters. The number of hydrogen-bond acceptors (Lipinski definition) is 3. The fraction of sp³-hybridized carbons (Fsp3) is 0.0769. The lowest BCUT2D eigenvalue weighted by Crippen LogP contribution is -2.10. The molecule has 0 amide bonds. The molecule has 0 fully saturated rings. The lowest BCUT2D eigenvalue weighted by atomic mass is 10.3. The molecule has 3 aromatic rings. The van der Waals surface area contributed by atoms with Crippen molar-refractivity contribution in [2.24, 2.45) is 0 Å². The number of aromatic nitrogens is 2. The molecule has 1 N–H and O–H groups in total. The number of fused-ring (bicyclic) bond motifs is 1. The van der Waals surface area contributed by atoms with Crippen molar-refractivity contribution in [1.29, 1.82) is 0 Å². The van der Waals surface area contributed by atoms with Crippen LogP contribution in [0.5, 0.6) is 0 Å². The van der Waals surface area contributed by atoms with Crippen molar-refractivity contribution in [3.8, 4) is 11.6 Å². The van der Waals surface area contributed by atoms with Crippen LogP contribution in [0.1, 0.15) is 0 Å². The quantitative estimate of drug-likeness (QED) is 0.780. The molecule has 0 saturated carbocycles. The zero-order valence-electron chi connectivity index (χ0n) is 10.3. The zero-order valence-corrected chi connectivity index (χ0v) is 11.9. The SMILES string of the molecule is O=C(O)Cn1c(-c2ccc(Br)o2)nc2cc(F)c(F)cc21. The Hall–Kier alpha value is -2.22. The number of nitrogens with zero attached hydrogens (tertiary/aromatic N) is 2. The first-order valence-electron chi connectivity index (χ1n) is 5.78. The highest BCUT2D eigenvalue weighted by Gasteiger charge is 2.19. The van der Waals surface area contributed by atoms with Crippen LogP contribution in [0, 0.1) is 11.6 Å². The number of benzene rings is 1. The molecule has 0 bridgehead atoms. The zero-order chi connectivity index (χ0) is 15.1. The highest BCUT2D eigenvalue weighted by Crippen LogP contribution is 2.29. The van der Waals surface area contributed by atoms with E-state index >= 15 is 0 Å². The van der Waals surface area contributed by atoms with Crippen molar-refractivity contribution in [1.82, 2.24) is 9.55 Å². The molecular weight excluding hydrogens is 350 g/mol. The predicted octanol–water partition coefficient (Wildman–Crippen LogP) is 3.42. The monoisotopic (exact) mass is 356 g/mol. The normalized spacial score (nSPS) is 11.2. The van der Waals surface area contributed by atoms with E-state index in [4.69, 9.17) is 9.52 Å². The largest absolute Gasteiger partial charge is 0.480 e. The van der Waals surface area contributed by atoms with Gasteiger partial charge >= 0.3 is 5.97 Å². The topological polar surface area (TPSA) is 68.3 Å². The van der Waals surface area contributed by atoms with Crippen LogP contribution in [0.2, 0.25) is 0 Å². The maximum atomic E-state index is 13.4. The van der Waals surface area contributed by atoms with Gasteiger partial charge in [0, 0.05) is 12.1 Å². The van der Waals surface area contributed by atoms with E-state index in [0.29, 0.717) is 10.4 Å². The van der Waals surface area contributed by atoms with E-state index < -0.39 is 24.1 Å². The molecule has 108 valence electrons. The Morgan fingerprint density at radius 3 is 2.67 bits per heavy atom. The van der Waals surface area contributed by atoms with Crippen LogP contribution >= 0.6 is 15.9 Å². The number of halogens is 3. The van der Waals surface area contributed by atoms with Gasteiger partial charge in [-0.25, -0.2) is 13.8 Å². The minimum Gasteiger partial charge on any atom is -0.480 e. The molecule has 0 saturated heterocycles. The van der Waals surface area contributed by atoms with E-state index in [0.717, 1.165) is 12.1 Å². The molecular formula is C13H7BrF2N2O3. The van der Waals surface area contributed by atoms with Gasteiger partial charge in [0.1, 0.15) is 6.54 Å². The molecule has 8 heteroatoms. The van der Waals surface area contributed by atoms with Gasteiger partial charge in [-0.2, -0.15) is 0 Å². The molecule has 3 rings (SSSR count). The third kappa shape index (κ3) is 2.42. The lowest BCUT2D eigenvalue weighted by Gasteiger charge is -2.04. The average Bonchev–Trinajstić information content (AvgIpc) is 2.95. The van der Waals surface area contributed by atoms with Gasteiger partial charge in [0.25, 0.3) is 0 Å². The summed E-state index contributed by atoms with van der Waals surface area (Å²) >= 11 is 3.13. The summed E-state index contributed by atoms with van der Waals surface area (Å²) in [6.45, 7) is -0.449. The van der Waals surface area contributed by atoms with E-state index in [1.165, 1.54) is 4.57 Å². The highest BCUT2D eigenvalue weighted by molar-refractivity contribution is 9.10. The van der Waals surface area contributed by atoms with E-state index in [9.17, 15) is 13.6 Å². The van der Waals surface area contributed by atoms with Crippen LogP contribution in [0.4, 0.5) is 8.78 Å². The van der Waals surface area contributed by atoms with Crippen LogP contribution in [0.15, 0.2) is 33.4 Å². The molecule has 0 spiro atoms. The van der Waals surface area contributed by atoms with Gasteiger partial charge in [0.05, 0.1) is 11.0 Å². The van der Waals surface area contributed by atoms with Gasteiger partial charge < -0.3 is 14.1 Å². The Bertz CT molecular complexity index is 857. The first-order valence-corrected chi connectivity index (χ1v) is 6.58. The molecule has 0 unspecified atom stereocenters. The Labute approximate surface area is 124 Å². The van der Waals surface area contributed by atoms with Crippen molar-refractivity contribution < 1.29 is 23.1 Å². The summed E-state index contributed by atoms with van der Waals surface area (Å²) < 4.78 is 33.7. The molecule has 0 aliphatic carbocycles. The van der Waals surface area contributed by atoms with E-state index in [1.807, 2.05) is 0 Å². The number of imidazole rings is 1. The number of carboxylic acids is 1. The second kappa shape index (κ2) is 4.96. The van der Waals surface area contributed by atoms with Crippen LogP contribution in [-0.2, 0) is 11.3 Å². The summed E-state index contributed by atoms with van der Waals surface area (Å²) in [5, 5.41) is 8.99. The van der Waals surface area contributed by atoms with Crippen molar-refractivity contribution in [2.75, 3.05) is 0 Å². The molecule has 2 heterocycles. The second-order valence-electron chi connectivity index (χ2n) is 4.27. The van der Waals surface area contributed by atoms with Crippen molar-refractivity contribution >= 4 is 32.9 Å². The summed E-state index contributed by atoms with van der Waals surface area (Å²) in [6, 6.07) is 5.03. The van der Waals surface area contributed by atoms with Crippen LogP contribution in [-0.4, -0.2) is 20.6 Å². The summed E-state index contributed by atoms with van der Waals surface area (Å²) in [7, 11) is 0. The summed E-state index contributed by atoms with van der Waals surface area (Å²) in [5.74, 6) is -2.77. The minimum absolute atomic E-state index is 0.151. The van der Waals surface area contributed by atoms with Crippen molar-refractivity contribution in [3.05, 3.63) is 40.6 Å². The number of furan rings is 1. The van der Waals surface area contributed by atoms with E-state index in [2.05, 4.69) is 20.9 Å². The summed E-state index contributed by atoms with van der Waals surface area (Å²) in [5.41, 5.74) is 0.330. The van der Waals surface area contributed by atoms with Gasteiger partial charge in [-0.15, -0.1) is 0 Å². The van der Waals surface area contributed by atoms with Crippen molar-refractivity contribution in [3.63, 3.8) is 0 Å². The Morgan fingerprint density at radius 1 is 1.33 bits per heavy atom. The van der Waals surface area contributed by atoms with Gasteiger partial charge in [0.2, 0.25) is 0 Å². The third-order valence-corrected chi connectivity index (χ3v) is 3.30. The third-order valence-electron chi connectivity index (χ3n) is 2.88. The van der Waals surface area contributed by atoms with E-state index in [1.54, 1.807) is 12.1 Å². The van der Waals surface area contributed by atoms with Crippen LogP contribution in [0.25, 0.3) is 22.6 Å². The molecule has 5 nitrogen and oxygen atoms in total. The lowest BCUT2D eigenvalue weighted by molar-refractivity contribution is -0.137. The number of hydrogen-bond donors (Lipinski definition) is 1. The molecule has 0 aliphatic heterocycles. The van der Waals surface area contributed by atoms with Gasteiger partial charge in [-0.05, 0) is 28.1 Å². The standard InChI is InChI=1S/C13H7BrF2N2O3/c14-11-2-1-10(21-11)13-17-8-3-6(15)7(16)4-9(8)18(13)5-12(19)20/h1-4H,5H2,(H,19,20). The number of carbonyl (C=O) groups is 1. The molecule has 1 aromatic carbocycles. The first kappa shape index (κ1) is 13.7. The number of carboxylic acid groups (broad SMARTS) is 1. The smallest absolute Gasteiger partial charge is 0.323 e. The van der Waals surface area contributed by atoms with Crippen LogP contribution in [0.3, 0.4) is 0 Å².